The minimum absolute atomic E-state index is 1.15. The number of nitrogens with one attached hydrogen (secondary N) is 1. The predicted octanol–water partition coefficient (Wildman–Crippen LogP) is 3.35. The molecule has 0 fully saturated rings. The number of hydrogen-bond donors (Lipinski definition) is 1. The van der Waals surface area contributed by atoms with E-state index in [1.165, 1.54) is 42.9 Å². The van der Waals surface area contributed by atoms with Gasteiger partial charge in [-0.3, -0.25) is 0 Å². The van der Waals surface area contributed by atoms with Crippen LogP contribution in [0.1, 0.15) is 25.3 Å². The highest BCUT2D eigenvalue weighted by Gasteiger charge is 1.92. The zero-order valence-corrected chi connectivity index (χ0v) is 11.1. The van der Waals surface area contributed by atoms with Gasteiger partial charge in [0.1, 0.15) is 0 Å². The van der Waals surface area contributed by atoms with E-state index in [-0.39, 0.29) is 0 Å². The van der Waals surface area contributed by atoms with Crippen molar-refractivity contribution in [2.75, 3.05) is 24.6 Å². The Bertz CT molecular complexity index is 248. The molecule has 1 aromatic carbocycles. The third-order valence-corrected chi connectivity index (χ3v) is 3.49. The van der Waals surface area contributed by atoms with E-state index in [0.717, 1.165) is 6.54 Å². The highest BCUT2D eigenvalue weighted by Crippen LogP contribution is 2.05. The molecule has 0 bridgehead atoms. The highest BCUT2D eigenvalue weighted by atomic mass is 32.2. The standard InChI is InChI=1S/C14H23NS/c1-2-3-10-15-11-13-16-12-9-14-7-5-4-6-8-14/h4-8,15H,2-3,9-13H2,1H3. The van der Waals surface area contributed by atoms with Gasteiger partial charge in [0.25, 0.3) is 0 Å². The van der Waals surface area contributed by atoms with Crippen LogP contribution in [0.4, 0.5) is 0 Å². The van der Waals surface area contributed by atoms with Crippen molar-refractivity contribution < 1.29 is 0 Å². The number of hydrogen-bond acceptors (Lipinski definition) is 2. The number of benzene rings is 1. The summed E-state index contributed by atoms with van der Waals surface area (Å²) in [7, 11) is 0. The fraction of sp³-hybridized carbons (Fsp3) is 0.571. The molecule has 0 aliphatic rings. The first kappa shape index (κ1) is 13.6. The van der Waals surface area contributed by atoms with Crippen LogP contribution in [0.2, 0.25) is 0 Å². The van der Waals surface area contributed by atoms with Gasteiger partial charge in [0.15, 0.2) is 0 Å². The summed E-state index contributed by atoms with van der Waals surface area (Å²) >= 11 is 2.04. The van der Waals surface area contributed by atoms with Crippen molar-refractivity contribution in [3.63, 3.8) is 0 Å². The molecule has 1 aromatic rings. The lowest BCUT2D eigenvalue weighted by atomic mass is 10.2. The predicted molar refractivity (Wildman–Crippen MR) is 75.2 cm³/mol. The first-order valence-electron chi connectivity index (χ1n) is 6.26. The van der Waals surface area contributed by atoms with Gasteiger partial charge in [0, 0.05) is 12.3 Å². The summed E-state index contributed by atoms with van der Waals surface area (Å²) in [6.07, 6.45) is 3.78. The zero-order valence-electron chi connectivity index (χ0n) is 10.2. The molecule has 0 saturated carbocycles. The van der Waals surface area contributed by atoms with E-state index < -0.39 is 0 Å². The summed E-state index contributed by atoms with van der Waals surface area (Å²) in [5.41, 5.74) is 1.45. The average molecular weight is 237 g/mol. The van der Waals surface area contributed by atoms with Crippen molar-refractivity contribution in [3.05, 3.63) is 35.9 Å². The molecule has 1 nitrogen and oxygen atoms in total. The second-order valence-corrected chi connectivity index (χ2v) is 5.18. The second-order valence-electron chi connectivity index (χ2n) is 3.95. The van der Waals surface area contributed by atoms with Gasteiger partial charge in [-0.2, -0.15) is 11.8 Å². The van der Waals surface area contributed by atoms with E-state index in [1.54, 1.807) is 0 Å². The molecule has 90 valence electrons. The van der Waals surface area contributed by atoms with Crippen molar-refractivity contribution in [1.29, 1.82) is 0 Å². The highest BCUT2D eigenvalue weighted by molar-refractivity contribution is 7.99. The quantitative estimate of drug-likeness (QED) is 0.661. The summed E-state index contributed by atoms with van der Waals surface area (Å²) in [4.78, 5) is 0. The Labute approximate surface area is 104 Å². The summed E-state index contributed by atoms with van der Waals surface area (Å²) in [6.45, 7) is 4.56. The average Bonchev–Trinajstić information content (AvgIpc) is 2.34. The van der Waals surface area contributed by atoms with Crippen LogP contribution in [0.25, 0.3) is 0 Å². The molecule has 16 heavy (non-hydrogen) atoms. The molecule has 1 rings (SSSR count). The van der Waals surface area contributed by atoms with Gasteiger partial charge in [-0.1, -0.05) is 43.7 Å². The maximum absolute atomic E-state index is 3.46. The monoisotopic (exact) mass is 237 g/mol. The summed E-state index contributed by atoms with van der Waals surface area (Å²) in [5, 5.41) is 3.46. The van der Waals surface area contributed by atoms with Gasteiger partial charge in [-0.05, 0) is 30.7 Å². The van der Waals surface area contributed by atoms with Crippen LogP contribution in [0, 0.1) is 0 Å². The van der Waals surface area contributed by atoms with E-state index in [2.05, 4.69) is 42.6 Å². The Hall–Kier alpha value is -0.470. The Kier molecular flexibility index (Phi) is 8.27. The molecule has 1 N–H and O–H groups in total. The first-order valence-corrected chi connectivity index (χ1v) is 7.41. The zero-order chi connectivity index (χ0) is 11.5. The molecule has 0 atom stereocenters. The van der Waals surface area contributed by atoms with Gasteiger partial charge in [0.2, 0.25) is 0 Å². The third-order valence-electron chi connectivity index (χ3n) is 2.51. The van der Waals surface area contributed by atoms with Crippen LogP contribution in [-0.4, -0.2) is 24.6 Å². The van der Waals surface area contributed by atoms with Gasteiger partial charge < -0.3 is 5.32 Å². The SMILES string of the molecule is CCCCNCCSCCc1ccccc1. The molecular formula is C14H23NS. The van der Waals surface area contributed by atoms with Gasteiger partial charge in [-0.25, -0.2) is 0 Å². The van der Waals surface area contributed by atoms with Crippen molar-refractivity contribution in [3.8, 4) is 0 Å². The summed E-state index contributed by atoms with van der Waals surface area (Å²) in [6, 6.07) is 10.7. The molecular weight excluding hydrogens is 214 g/mol. The maximum atomic E-state index is 3.46. The molecule has 0 aliphatic carbocycles. The molecule has 0 saturated heterocycles. The van der Waals surface area contributed by atoms with Crippen molar-refractivity contribution in [2.45, 2.75) is 26.2 Å². The molecule has 0 radical (unpaired) electrons. The minimum Gasteiger partial charge on any atom is -0.316 e. The number of unbranched alkanes of at least 4 members (excludes halogenated alkanes) is 1. The Morgan fingerprint density at radius 1 is 1.06 bits per heavy atom. The topological polar surface area (TPSA) is 12.0 Å². The molecule has 0 heterocycles. The lowest BCUT2D eigenvalue weighted by Gasteiger charge is -2.04. The van der Waals surface area contributed by atoms with Crippen LogP contribution in [0.5, 0.6) is 0 Å². The summed E-state index contributed by atoms with van der Waals surface area (Å²) in [5.74, 6) is 2.47. The van der Waals surface area contributed by atoms with E-state index in [9.17, 15) is 0 Å². The van der Waals surface area contributed by atoms with Gasteiger partial charge >= 0.3 is 0 Å². The number of rotatable bonds is 9. The maximum Gasteiger partial charge on any atom is 0.00582 e. The normalized spacial score (nSPS) is 10.6. The minimum atomic E-state index is 1.15. The largest absolute Gasteiger partial charge is 0.316 e. The number of thioether (sulfide) groups is 1. The molecule has 2 heteroatoms. The van der Waals surface area contributed by atoms with Crippen molar-refractivity contribution in [1.82, 2.24) is 5.32 Å². The van der Waals surface area contributed by atoms with Crippen LogP contribution in [0.15, 0.2) is 30.3 Å². The van der Waals surface area contributed by atoms with E-state index in [0.29, 0.717) is 0 Å². The number of aryl methyl sites for hydroxylation is 1. The van der Waals surface area contributed by atoms with Crippen molar-refractivity contribution in [2.24, 2.45) is 0 Å². The first-order chi connectivity index (χ1) is 7.93. The Morgan fingerprint density at radius 3 is 2.62 bits per heavy atom. The van der Waals surface area contributed by atoms with Crippen molar-refractivity contribution >= 4 is 11.8 Å². The van der Waals surface area contributed by atoms with Crippen LogP contribution < -0.4 is 5.32 Å². The van der Waals surface area contributed by atoms with E-state index in [1.807, 2.05) is 11.8 Å². The lowest BCUT2D eigenvalue weighted by molar-refractivity contribution is 0.666. The lowest BCUT2D eigenvalue weighted by Crippen LogP contribution is -2.18. The van der Waals surface area contributed by atoms with Gasteiger partial charge in [0.05, 0.1) is 0 Å². The Balaban J connectivity index is 1.89. The second kappa shape index (κ2) is 9.73. The molecule has 0 amide bonds. The van der Waals surface area contributed by atoms with Gasteiger partial charge in [-0.15, -0.1) is 0 Å². The Morgan fingerprint density at radius 2 is 1.88 bits per heavy atom. The third kappa shape index (κ3) is 6.91. The van der Waals surface area contributed by atoms with E-state index >= 15 is 0 Å². The van der Waals surface area contributed by atoms with E-state index in [4.69, 9.17) is 0 Å². The summed E-state index contributed by atoms with van der Waals surface area (Å²) < 4.78 is 0. The molecule has 0 spiro atoms. The van der Waals surface area contributed by atoms with Crippen LogP contribution in [0.3, 0.4) is 0 Å². The van der Waals surface area contributed by atoms with Crippen LogP contribution >= 0.6 is 11.8 Å². The molecule has 0 aromatic heterocycles. The molecule has 0 aliphatic heterocycles. The fourth-order valence-electron chi connectivity index (χ4n) is 1.51. The fourth-order valence-corrected chi connectivity index (χ4v) is 2.38. The van der Waals surface area contributed by atoms with Crippen LogP contribution in [-0.2, 0) is 6.42 Å². The smallest absolute Gasteiger partial charge is 0.00582 e. The molecule has 0 unspecified atom stereocenters.